The van der Waals surface area contributed by atoms with E-state index >= 15 is 0 Å². The monoisotopic (exact) mass is 338 g/mol. The SMILES string of the molecule is Nc1cc(Br)c(F)cc1NC12CC3CC(CC(C3)C1)C2. The van der Waals surface area contributed by atoms with Crippen molar-refractivity contribution in [2.24, 2.45) is 17.8 Å². The Morgan fingerprint density at radius 2 is 1.65 bits per heavy atom. The van der Waals surface area contributed by atoms with Gasteiger partial charge in [-0.15, -0.1) is 0 Å². The van der Waals surface area contributed by atoms with E-state index in [1.165, 1.54) is 44.6 Å². The van der Waals surface area contributed by atoms with Crippen LogP contribution in [0.5, 0.6) is 0 Å². The first-order valence-corrected chi connectivity index (χ1v) is 8.35. The molecule has 1 aromatic rings. The zero-order valence-corrected chi connectivity index (χ0v) is 13.0. The van der Waals surface area contributed by atoms with Crippen LogP contribution in [0.15, 0.2) is 16.6 Å². The maximum Gasteiger partial charge on any atom is 0.139 e. The van der Waals surface area contributed by atoms with Crippen molar-refractivity contribution in [3.63, 3.8) is 0 Å². The number of nitrogen functional groups attached to an aromatic ring is 1. The van der Waals surface area contributed by atoms with Gasteiger partial charge in [-0.05, 0) is 78.3 Å². The molecule has 4 saturated carbocycles. The van der Waals surface area contributed by atoms with Crippen LogP contribution >= 0.6 is 15.9 Å². The van der Waals surface area contributed by atoms with Gasteiger partial charge in [0.05, 0.1) is 15.8 Å². The molecule has 0 radical (unpaired) electrons. The van der Waals surface area contributed by atoms with Gasteiger partial charge in [-0.3, -0.25) is 0 Å². The van der Waals surface area contributed by atoms with Crippen LogP contribution in [-0.4, -0.2) is 5.54 Å². The Hall–Kier alpha value is -0.770. The van der Waals surface area contributed by atoms with Gasteiger partial charge in [0, 0.05) is 11.6 Å². The molecule has 0 saturated heterocycles. The molecule has 0 unspecified atom stereocenters. The number of nitrogens with two attached hydrogens (primary N) is 1. The summed E-state index contributed by atoms with van der Waals surface area (Å²) >= 11 is 3.19. The molecule has 1 aromatic carbocycles. The standard InChI is InChI=1S/C16H20BrFN2/c17-12-4-14(19)15(5-13(12)18)20-16-6-9-1-10(7-16)3-11(2-9)8-16/h4-5,9-11,20H,1-3,6-8,19H2. The maximum atomic E-state index is 13.8. The van der Waals surface area contributed by atoms with Crippen LogP contribution in [0.4, 0.5) is 15.8 Å². The lowest BCUT2D eigenvalue weighted by Crippen LogP contribution is -2.54. The lowest BCUT2D eigenvalue weighted by Gasteiger charge is -2.57. The van der Waals surface area contributed by atoms with Crippen LogP contribution in [0.1, 0.15) is 38.5 Å². The van der Waals surface area contributed by atoms with Gasteiger partial charge in [0.15, 0.2) is 0 Å². The third-order valence-corrected chi connectivity index (χ3v) is 6.14. The second-order valence-electron chi connectivity index (χ2n) is 7.18. The number of rotatable bonds is 2. The quantitative estimate of drug-likeness (QED) is 0.776. The van der Waals surface area contributed by atoms with E-state index in [-0.39, 0.29) is 11.4 Å². The Morgan fingerprint density at radius 1 is 1.10 bits per heavy atom. The molecular formula is C16H20BrFN2. The van der Waals surface area contributed by atoms with E-state index in [4.69, 9.17) is 5.73 Å². The average molecular weight is 339 g/mol. The van der Waals surface area contributed by atoms with Crippen molar-refractivity contribution in [3.8, 4) is 0 Å². The molecule has 0 aromatic heterocycles. The summed E-state index contributed by atoms with van der Waals surface area (Å²) in [6.07, 6.45) is 7.92. The molecule has 0 atom stereocenters. The van der Waals surface area contributed by atoms with Gasteiger partial charge in [0.25, 0.3) is 0 Å². The van der Waals surface area contributed by atoms with Crippen LogP contribution in [0, 0.1) is 23.6 Å². The number of anilines is 2. The first kappa shape index (κ1) is 12.9. The highest BCUT2D eigenvalue weighted by molar-refractivity contribution is 9.10. The summed E-state index contributed by atoms with van der Waals surface area (Å²) in [6.45, 7) is 0. The topological polar surface area (TPSA) is 38.0 Å². The molecule has 2 nitrogen and oxygen atoms in total. The number of hydrogen-bond acceptors (Lipinski definition) is 2. The first-order valence-electron chi connectivity index (χ1n) is 7.56. The van der Waals surface area contributed by atoms with Gasteiger partial charge >= 0.3 is 0 Å². The molecule has 4 heteroatoms. The molecule has 0 heterocycles. The highest BCUT2D eigenvalue weighted by Gasteiger charge is 2.51. The summed E-state index contributed by atoms with van der Waals surface area (Å²) in [7, 11) is 0. The van der Waals surface area contributed by atoms with E-state index in [0.717, 1.165) is 23.4 Å². The first-order chi connectivity index (χ1) is 9.53. The van der Waals surface area contributed by atoms with Crippen molar-refractivity contribution >= 4 is 27.3 Å². The molecule has 4 bridgehead atoms. The Labute approximate surface area is 127 Å². The molecule has 0 aliphatic heterocycles. The minimum atomic E-state index is -0.244. The minimum Gasteiger partial charge on any atom is -0.397 e. The van der Waals surface area contributed by atoms with Gasteiger partial charge < -0.3 is 11.1 Å². The highest BCUT2D eigenvalue weighted by atomic mass is 79.9. The van der Waals surface area contributed by atoms with Crippen molar-refractivity contribution in [1.82, 2.24) is 0 Å². The Balaban J connectivity index is 1.64. The lowest BCUT2D eigenvalue weighted by atomic mass is 9.53. The van der Waals surface area contributed by atoms with Crippen LogP contribution in [0.25, 0.3) is 0 Å². The predicted molar refractivity (Wildman–Crippen MR) is 83.0 cm³/mol. The lowest BCUT2D eigenvalue weighted by molar-refractivity contribution is 0.0107. The molecule has 4 fully saturated rings. The van der Waals surface area contributed by atoms with Crippen LogP contribution in [0.3, 0.4) is 0 Å². The van der Waals surface area contributed by atoms with E-state index in [9.17, 15) is 4.39 Å². The Bertz CT molecular complexity index is 522. The molecule has 4 aliphatic rings. The zero-order valence-electron chi connectivity index (χ0n) is 11.5. The van der Waals surface area contributed by atoms with Gasteiger partial charge in [0.2, 0.25) is 0 Å². The summed E-state index contributed by atoms with van der Waals surface area (Å²) in [5.41, 5.74) is 7.63. The van der Waals surface area contributed by atoms with Crippen molar-refractivity contribution < 1.29 is 4.39 Å². The van der Waals surface area contributed by atoms with Crippen molar-refractivity contribution in [2.75, 3.05) is 11.1 Å². The van der Waals surface area contributed by atoms with Gasteiger partial charge in [-0.25, -0.2) is 4.39 Å². The Kier molecular flexibility index (Phi) is 2.82. The number of nitrogens with one attached hydrogen (secondary N) is 1. The summed E-state index contributed by atoms with van der Waals surface area (Å²) in [6, 6.07) is 3.20. The van der Waals surface area contributed by atoms with Crippen LogP contribution in [-0.2, 0) is 0 Å². The fourth-order valence-electron chi connectivity index (χ4n) is 5.22. The van der Waals surface area contributed by atoms with Gasteiger partial charge in [-0.2, -0.15) is 0 Å². The second-order valence-corrected chi connectivity index (χ2v) is 8.03. The Morgan fingerprint density at radius 3 is 2.20 bits per heavy atom. The third kappa shape index (κ3) is 2.03. The van der Waals surface area contributed by atoms with Gasteiger partial charge in [-0.1, -0.05) is 0 Å². The van der Waals surface area contributed by atoms with Crippen molar-refractivity contribution in [1.29, 1.82) is 0 Å². The summed E-state index contributed by atoms with van der Waals surface area (Å²) < 4.78 is 14.2. The molecule has 4 aliphatic carbocycles. The van der Waals surface area contributed by atoms with Crippen molar-refractivity contribution in [3.05, 3.63) is 22.4 Å². The van der Waals surface area contributed by atoms with E-state index in [0.29, 0.717) is 10.2 Å². The molecule has 0 spiro atoms. The fraction of sp³-hybridized carbons (Fsp3) is 0.625. The largest absolute Gasteiger partial charge is 0.397 e. The summed E-state index contributed by atoms with van der Waals surface area (Å²) in [5, 5.41) is 3.64. The average Bonchev–Trinajstić information content (AvgIpc) is 2.34. The molecule has 5 rings (SSSR count). The predicted octanol–water partition coefficient (Wildman–Crippen LogP) is 4.55. The highest BCUT2D eigenvalue weighted by Crippen LogP contribution is 2.56. The van der Waals surface area contributed by atoms with Gasteiger partial charge in [0.1, 0.15) is 5.82 Å². The minimum absolute atomic E-state index is 0.170. The molecule has 3 N–H and O–H groups in total. The van der Waals surface area contributed by atoms with Crippen molar-refractivity contribution in [2.45, 2.75) is 44.1 Å². The molecular weight excluding hydrogens is 319 g/mol. The van der Waals surface area contributed by atoms with E-state index in [2.05, 4.69) is 21.2 Å². The molecule has 20 heavy (non-hydrogen) atoms. The number of benzene rings is 1. The number of hydrogen-bond donors (Lipinski definition) is 2. The molecule has 108 valence electrons. The third-order valence-electron chi connectivity index (χ3n) is 5.53. The van der Waals surface area contributed by atoms with E-state index in [1.807, 2.05) is 0 Å². The normalized spacial score (nSPS) is 38.2. The van der Waals surface area contributed by atoms with Crippen LogP contribution < -0.4 is 11.1 Å². The number of halogens is 2. The second kappa shape index (κ2) is 4.36. The zero-order chi connectivity index (χ0) is 13.9. The summed E-state index contributed by atoms with van der Waals surface area (Å²) in [5.74, 6) is 2.37. The summed E-state index contributed by atoms with van der Waals surface area (Å²) in [4.78, 5) is 0. The van der Waals surface area contributed by atoms with Crippen LogP contribution in [0.2, 0.25) is 0 Å². The fourth-order valence-corrected chi connectivity index (χ4v) is 5.58. The maximum absolute atomic E-state index is 13.8. The molecule has 0 amide bonds. The van der Waals surface area contributed by atoms with E-state index < -0.39 is 0 Å². The smallest absolute Gasteiger partial charge is 0.139 e. The van der Waals surface area contributed by atoms with E-state index in [1.54, 1.807) is 6.07 Å².